The van der Waals surface area contributed by atoms with E-state index in [0.717, 1.165) is 16.8 Å². The smallest absolute Gasteiger partial charge is 0.310 e. The number of hydrogen-bond donors (Lipinski definition) is 1. The van der Waals surface area contributed by atoms with Crippen molar-refractivity contribution in [1.82, 2.24) is 4.40 Å². The summed E-state index contributed by atoms with van der Waals surface area (Å²) in [6.45, 7) is 1.87. The Hall–Kier alpha value is -3.35. The lowest BCUT2D eigenvalue weighted by atomic mass is 10.0. The second-order valence-electron chi connectivity index (χ2n) is 5.53. The summed E-state index contributed by atoms with van der Waals surface area (Å²) in [6.07, 6.45) is 1.82. The van der Waals surface area contributed by atoms with Crippen LogP contribution in [0.3, 0.4) is 0 Å². The summed E-state index contributed by atoms with van der Waals surface area (Å²) in [5.74, 6) is -0.170. The monoisotopic (exact) mass is 339 g/mol. The summed E-state index contributed by atoms with van der Waals surface area (Å²) in [5.41, 5.74) is 3.24. The van der Waals surface area contributed by atoms with Crippen molar-refractivity contribution in [2.75, 3.05) is 19.5 Å². The summed E-state index contributed by atoms with van der Waals surface area (Å²) in [5, 5.41) is 14.2. The highest BCUT2D eigenvalue weighted by Gasteiger charge is 2.23. The van der Waals surface area contributed by atoms with Crippen LogP contribution < -0.4 is 10.1 Å². The van der Waals surface area contributed by atoms with Gasteiger partial charge >= 0.3 is 5.69 Å². The van der Waals surface area contributed by atoms with Crippen LogP contribution in [0.15, 0.2) is 42.6 Å². The number of nitro groups is 1. The largest absolute Gasteiger partial charge is 0.490 e. The van der Waals surface area contributed by atoms with Crippen molar-refractivity contribution in [3.63, 3.8) is 0 Å². The first-order chi connectivity index (χ1) is 12.0. The minimum absolute atomic E-state index is 0.0585. The Morgan fingerprint density at radius 3 is 2.68 bits per heavy atom. The number of pyridine rings is 1. The van der Waals surface area contributed by atoms with Crippen molar-refractivity contribution in [1.29, 1.82) is 0 Å². The second-order valence-corrected chi connectivity index (χ2v) is 5.53. The molecular weight excluding hydrogens is 322 g/mol. The summed E-state index contributed by atoms with van der Waals surface area (Å²) in [7, 11) is 3.14. The number of ketones is 1. The van der Waals surface area contributed by atoms with Crippen LogP contribution in [0, 0.1) is 17.0 Å². The zero-order valence-corrected chi connectivity index (χ0v) is 14.1. The van der Waals surface area contributed by atoms with Gasteiger partial charge in [0.1, 0.15) is 0 Å². The summed E-state index contributed by atoms with van der Waals surface area (Å²) in [6, 6.07) is 9.81. The van der Waals surface area contributed by atoms with Gasteiger partial charge in [-0.1, -0.05) is 6.07 Å². The van der Waals surface area contributed by atoms with Crippen LogP contribution in [0.5, 0.6) is 5.75 Å². The Bertz CT molecular complexity index is 991. The van der Waals surface area contributed by atoms with E-state index in [4.69, 9.17) is 4.74 Å². The molecular formula is C18H17N3O4. The number of hydrogen-bond acceptors (Lipinski definition) is 5. The fraction of sp³-hybridized carbons (Fsp3) is 0.167. The summed E-state index contributed by atoms with van der Waals surface area (Å²) >= 11 is 0. The number of benzene rings is 1. The molecule has 3 aromatic rings. The SMILES string of the molecule is CNc1c(C)c(C(=O)c2ccc([N+](=O)[O-])c(OC)c2)n2ccccc12. The number of nitrogens with one attached hydrogen (secondary N) is 1. The predicted octanol–water partition coefficient (Wildman–Crippen LogP) is 3.44. The lowest BCUT2D eigenvalue weighted by Gasteiger charge is -2.06. The van der Waals surface area contributed by atoms with E-state index in [1.165, 1.54) is 25.3 Å². The molecule has 0 radical (unpaired) electrons. The van der Waals surface area contributed by atoms with Gasteiger partial charge in [0.2, 0.25) is 5.78 Å². The topological polar surface area (TPSA) is 85.9 Å². The van der Waals surface area contributed by atoms with E-state index in [-0.39, 0.29) is 17.2 Å². The van der Waals surface area contributed by atoms with Gasteiger partial charge in [-0.15, -0.1) is 0 Å². The fourth-order valence-electron chi connectivity index (χ4n) is 3.03. The Labute approximate surface area is 144 Å². The predicted molar refractivity (Wildman–Crippen MR) is 94.8 cm³/mol. The summed E-state index contributed by atoms with van der Waals surface area (Å²) in [4.78, 5) is 23.6. The molecule has 128 valence electrons. The van der Waals surface area contributed by atoms with Gasteiger partial charge < -0.3 is 14.5 Å². The Morgan fingerprint density at radius 2 is 2.04 bits per heavy atom. The van der Waals surface area contributed by atoms with Crippen LogP contribution in [-0.4, -0.2) is 29.3 Å². The zero-order valence-electron chi connectivity index (χ0n) is 14.1. The minimum Gasteiger partial charge on any atom is -0.490 e. The Kier molecular flexibility index (Phi) is 4.14. The molecule has 0 amide bonds. The van der Waals surface area contributed by atoms with E-state index in [0.29, 0.717) is 11.3 Å². The maximum atomic E-state index is 13.1. The molecule has 0 aliphatic heterocycles. The number of aromatic nitrogens is 1. The highest BCUT2D eigenvalue weighted by molar-refractivity contribution is 6.11. The second kappa shape index (κ2) is 6.27. The third kappa shape index (κ3) is 2.59. The van der Waals surface area contributed by atoms with Crippen molar-refractivity contribution in [3.8, 4) is 5.75 Å². The number of ether oxygens (including phenoxy) is 1. The van der Waals surface area contributed by atoms with E-state index in [9.17, 15) is 14.9 Å². The number of rotatable bonds is 5. The van der Waals surface area contributed by atoms with Crippen LogP contribution in [0.2, 0.25) is 0 Å². The molecule has 0 unspecified atom stereocenters. The molecule has 1 aromatic carbocycles. The molecule has 0 bridgehead atoms. The van der Waals surface area contributed by atoms with Crippen molar-refractivity contribution >= 4 is 22.7 Å². The van der Waals surface area contributed by atoms with E-state index in [1.54, 1.807) is 7.05 Å². The van der Waals surface area contributed by atoms with Crippen molar-refractivity contribution in [2.45, 2.75) is 6.92 Å². The van der Waals surface area contributed by atoms with Crippen LogP contribution in [0.4, 0.5) is 11.4 Å². The van der Waals surface area contributed by atoms with E-state index in [2.05, 4.69) is 5.32 Å². The normalized spacial score (nSPS) is 10.7. The quantitative estimate of drug-likeness (QED) is 0.437. The number of anilines is 1. The van der Waals surface area contributed by atoms with Gasteiger partial charge in [0.05, 0.1) is 28.9 Å². The molecule has 1 N–H and O–H groups in total. The Balaban J connectivity index is 2.18. The minimum atomic E-state index is -0.538. The van der Waals surface area contributed by atoms with Crippen molar-refractivity contribution in [3.05, 3.63) is 69.5 Å². The van der Waals surface area contributed by atoms with Gasteiger partial charge in [0.25, 0.3) is 0 Å². The average Bonchev–Trinajstić information content (AvgIpc) is 2.91. The molecule has 7 heteroatoms. The molecule has 0 spiro atoms. The van der Waals surface area contributed by atoms with Crippen molar-refractivity contribution in [2.24, 2.45) is 0 Å². The molecule has 0 saturated carbocycles. The van der Waals surface area contributed by atoms with E-state index < -0.39 is 4.92 Å². The van der Waals surface area contributed by atoms with Crippen LogP contribution in [0.1, 0.15) is 21.6 Å². The molecule has 2 heterocycles. The van der Waals surface area contributed by atoms with Gasteiger partial charge in [-0.25, -0.2) is 0 Å². The standard InChI is InChI=1S/C18H17N3O4/c1-11-16(19-2)14-6-4-5-9-20(14)17(11)18(22)12-7-8-13(21(23)24)15(10-12)25-3/h4-10,19H,1-3H3. The van der Waals surface area contributed by atoms with Crippen LogP contribution in [0.25, 0.3) is 5.52 Å². The zero-order chi connectivity index (χ0) is 18.1. The lowest BCUT2D eigenvalue weighted by Crippen LogP contribution is -2.07. The molecule has 2 aromatic heterocycles. The Morgan fingerprint density at radius 1 is 1.28 bits per heavy atom. The average molecular weight is 339 g/mol. The van der Waals surface area contributed by atoms with Crippen molar-refractivity contribution < 1.29 is 14.5 Å². The van der Waals surface area contributed by atoms with Crippen LogP contribution >= 0.6 is 0 Å². The third-order valence-corrected chi connectivity index (χ3v) is 4.19. The van der Waals surface area contributed by atoms with Gasteiger partial charge in [-0.3, -0.25) is 14.9 Å². The first kappa shape index (κ1) is 16.5. The summed E-state index contributed by atoms with van der Waals surface area (Å²) < 4.78 is 6.88. The number of nitro benzene ring substituents is 1. The van der Waals surface area contributed by atoms with Gasteiger partial charge in [-0.05, 0) is 31.2 Å². The molecule has 3 rings (SSSR count). The fourth-order valence-corrected chi connectivity index (χ4v) is 3.03. The number of fused-ring (bicyclic) bond motifs is 1. The first-order valence-electron chi connectivity index (χ1n) is 7.64. The van der Waals surface area contributed by atoms with Crippen LogP contribution in [-0.2, 0) is 0 Å². The highest BCUT2D eigenvalue weighted by Crippen LogP contribution is 2.32. The van der Waals surface area contributed by atoms with Gasteiger partial charge in [0, 0.05) is 30.4 Å². The molecule has 0 aliphatic carbocycles. The van der Waals surface area contributed by atoms with E-state index in [1.807, 2.05) is 35.7 Å². The lowest BCUT2D eigenvalue weighted by molar-refractivity contribution is -0.385. The van der Waals surface area contributed by atoms with Gasteiger partial charge in [0.15, 0.2) is 5.75 Å². The molecule has 25 heavy (non-hydrogen) atoms. The highest BCUT2D eigenvalue weighted by atomic mass is 16.6. The number of carbonyl (C=O) groups excluding carboxylic acids is 1. The number of carbonyl (C=O) groups is 1. The number of nitrogens with zero attached hydrogens (tertiary/aromatic N) is 2. The third-order valence-electron chi connectivity index (χ3n) is 4.19. The maximum Gasteiger partial charge on any atom is 0.310 e. The molecule has 7 nitrogen and oxygen atoms in total. The molecule has 0 saturated heterocycles. The molecule has 0 fully saturated rings. The molecule has 0 atom stereocenters. The van der Waals surface area contributed by atoms with Gasteiger partial charge in [-0.2, -0.15) is 0 Å². The number of methoxy groups -OCH3 is 1. The molecule has 0 aliphatic rings. The first-order valence-corrected chi connectivity index (χ1v) is 7.64. The van der Waals surface area contributed by atoms with E-state index >= 15 is 0 Å². The maximum absolute atomic E-state index is 13.1.